The molecule has 0 spiro atoms. The zero-order chi connectivity index (χ0) is 15.6. The van der Waals surface area contributed by atoms with E-state index in [2.05, 4.69) is 0 Å². The third kappa shape index (κ3) is 3.51. The maximum Gasteiger partial charge on any atom is 0.411 e. The van der Waals surface area contributed by atoms with Gasteiger partial charge in [0.1, 0.15) is 5.60 Å². The topological polar surface area (TPSA) is 46.6 Å². The van der Waals surface area contributed by atoms with Crippen molar-refractivity contribution in [3.8, 4) is 0 Å². The van der Waals surface area contributed by atoms with E-state index in [4.69, 9.17) is 4.74 Å². The van der Waals surface area contributed by atoms with Gasteiger partial charge in [0.2, 0.25) is 0 Å². The lowest BCUT2D eigenvalue weighted by Crippen LogP contribution is -2.48. The van der Waals surface area contributed by atoms with Gasteiger partial charge in [-0.3, -0.25) is 9.69 Å². The lowest BCUT2D eigenvalue weighted by atomic mass is 9.97. The average Bonchev–Trinajstić information content (AvgIpc) is 2.40. The predicted octanol–water partition coefficient (Wildman–Crippen LogP) is 3.49. The first kappa shape index (κ1) is 15.3. The molecule has 2 atom stereocenters. The smallest absolute Gasteiger partial charge is 0.411 e. The summed E-state index contributed by atoms with van der Waals surface area (Å²) in [5, 5.41) is 0. The minimum Gasteiger partial charge on any atom is -0.444 e. The fourth-order valence-corrected chi connectivity index (χ4v) is 2.30. The molecule has 1 aliphatic rings. The fraction of sp³-hybridized carbons (Fsp3) is 0.412. The van der Waals surface area contributed by atoms with E-state index in [1.54, 1.807) is 19.1 Å². The predicted molar refractivity (Wildman–Crippen MR) is 80.9 cm³/mol. The van der Waals surface area contributed by atoms with Gasteiger partial charge in [-0.25, -0.2) is 4.79 Å². The lowest BCUT2D eigenvalue weighted by Gasteiger charge is -2.37. The highest BCUT2D eigenvalue weighted by Gasteiger charge is 2.36. The molecule has 0 saturated carbocycles. The minimum atomic E-state index is -0.595. The van der Waals surface area contributed by atoms with Crippen molar-refractivity contribution in [3.05, 3.63) is 48.0 Å². The van der Waals surface area contributed by atoms with Crippen LogP contribution < -0.4 is 0 Å². The van der Waals surface area contributed by atoms with Crippen LogP contribution in [0.1, 0.15) is 39.3 Å². The summed E-state index contributed by atoms with van der Waals surface area (Å²) in [6, 6.07) is 8.81. The summed E-state index contributed by atoms with van der Waals surface area (Å²) < 4.78 is 5.45. The summed E-state index contributed by atoms with van der Waals surface area (Å²) in [6.07, 6.45) is 2.83. The highest BCUT2D eigenvalue weighted by atomic mass is 16.6. The average molecular weight is 287 g/mol. The summed E-state index contributed by atoms with van der Waals surface area (Å²) >= 11 is 0. The molecule has 1 aliphatic heterocycles. The summed E-state index contributed by atoms with van der Waals surface area (Å²) in [5.74, 6) is -0.0898. The Bertz CT molecular complexity index is 557. The monoisotopic (exact) mass is 287 g/mol. The maximum absolute atomic E-state index is 12.5. The SMILES string of the molecule is C[C@@H]1C(=O)C=CC(c2ccccc2)N1C(=O)OC(C)(C)C. The standard InChI is InChI=1S/C17H21NO3/c1-12-15(19)11-10-14(13-8-6-5-7-9-13)18(12)16(20)21-17(2,3)4/h5-12,14H,1-4H3/t12-,14?/m1/s1. The van der Waals surface area contributed by atoms with Crippen LogP contribution in [0.25, 0.3) is 0 Å². The molecule has 0 N–H and O–H groups in total. The quantitative estimate of drug-likeness (QED) is 0.794. The van der Waals surface area contributed by atoms with Crippen molar-refractivity contribution < 1.29 is 14.3 Å². The molecular formula is C17H21NO3. The van der Waals surface area contributed by atoms with Gasteiger partial charge in [0, 0.05) is 0 Å². The first-order chi connectivity index (χ1) is 9.79. The van der Waals surface area contributed by atoms with Crippen molar-refractivity contribution in [2.45, 2.75) is 45.4 Å². The van der Waals surface area contributed by atoms with Crippen molar-refractivity contribution in [1.82, 2.24) is 4.90 Å². The molecule has 0 radical (unpaired) electrons. The van der Waals surface area contributed by atoms with Crippen LogP contribution in [0.2, 0.25) is 0 Å². The van der Waals surface area contributed by atoms with Crippen LogP contribution in [0.5, 0.6) is 0 Å². The van der Waals surface area contributed by atoms with Gasteiger partial charge in [0.15, 0.2) is 5.78 Å². The van der Waals surface area contributed by atoms with E-state index in [9.17, 15) is 9.59 Å². The Kier molecular flexibility index (Phi) is 4.16. The Morgan fingerprint density at radius 2 is 1.81 bits per heavy atom. The number of carbonyl (C=O) groups excluding carboxylic acids is 2. The number of amides is 1. The summed E-state index contributed by atoms with van der Waals surface area (Å²) in [6.45, 7) is 7.17. The maximum atomic E-state index is 12.5. The lowest BCUT2D eigenvalue weighted by molar-refractivity contribution is -0.120. The Balaban J connectivity index is 2.35. The van der Waals surface area contributed by atoms with E-state index >= 15 is 0 Å². The molecule has 0 fully saturated rings. The van der Waals surface area contributed by atoms with E-state index in [1.807, 2.05) is 51.1 Å². The Morgan fingerprint density at radius 3 is 2.38 bits per heavy atom. The normalized spacial score (nSPS) is 22.3. The Morgan fingerprint density at radius 1 is 1.19 bits per heavy atom. The molecule has 1 unspecified atom stereocenters. The van der Waals surface area contributed by atoms with E-state index in [-0.39, 0.29) is 11.8 Å². The van der Waals surface area contributed by atoms with Gasteiger partial charge in [-0.2, -0.15) is 0 Å². The second-order valence-electron chi connectivity index (χ2n) is 6.18. The van der Waals surface area contributed by atoms with Crippen LogP contribution in [0.3, 0.4) is 0 Å². The Hall–Kier alpha value is -2.10. The number of ketones is 1. The van der Waals surface area contributed by atoms with E-state index in [0.29, 0.717) is 0 Å². The zero-order valence-corrected chi connectivity index (χ0v) is 12.9. The zero-order valence-electron chi connectivity index (χ0n) is 12.9. The van der Waals surface area contributed by atoms with E-state index in [1.165, 1.54) is 4.90 Å². The molecule has 4 heteroatoms. The molecule has 0 aromatic heterocycles. The molecule has 0 saturated heterocycles. The van der Waals surface area contributed by atoms with Gasteiger partial charge >= 0.3 is 6.09 Å². The van der Waals surface area contributed by atoms with Crippen molar-refractivity contribution >= 4 is 11.9 Å². The van der Waals surface area contributed by atoms with E-state index in [0.717, 1.165) is 5.56 Å². The first-order valence-electron chi connectivity index (χ1n) is 7.08. The number of benzene rings is 1. The molecule has 4 nitrogen and oxygen atoms in total. The molecule has 1 aromatic carbocycles. The van der Waals surface area contributed by atoms with Gasteiger partial charge in [0.05, 0.1) is 12.1 Å². The summed E-state index contributed by atoms with van der Waals surface area (Å²) in [5.41, 5.74) is 0.362. The van der Waals surface area contributed by atoms with Crippen LogP contribution in [-0.4, -0.2) is 28.4 Å². The largest absolute Gasteiger partial charge is 0.444 e. The van der Waals surface area contributed by atoms with Crippen LogP contribution in [0, 0.1) is 0 Å². The molecular weight excluding hydrogens is 266 g/mol. The number of rotatable bonds is 1. The van der Waals surface area contributed by atoms with E-state index < -0.39 is 17.7 Å². The molecule has 112 valence electrons. The number of carbonyl (C=O) groups is 2. The summed E-state index contributed by atoms with van der Waals surface area (Å²) in [7, 11) is 0. The molecule has 1 amide bonds. The van der Waals surface area contributed by atoms with Gasteiger partial charge in [-0.05, 0) is 39.3 Å². The van der Waals surface area contributed by atoms with Crippen molar-refractivity contribution in [1.29, 1.82) is 0 Å². The van der Waals surface area contributed by atoms with Gasteiger partial charge in [-0.1, -0.05) is 36.4 Å². The molecule has 2 rings (SSSR count). The Labute approximate surface area is 125 Å². The van der Waals surface area contributed by atoms with Crippen molar-refractivity contribution in [3.63, 3.8) is 0 Å². The van der Waals surface area contributed by atoms with Crippen LogP contribution in [-0.2, 0) is 9.53 Å². The highest BCUT2D eigenvalue weighted by molar-refractivity contribution is 5.97. The number of nitrogens with zero attached hydrogens (tertiary/aromatic N) is 1. The van der Waals surface area contributed by atoms with Crippen molar-refractivity contribution in [2.75, 3.05) is 0 Å². The van der Waals surface area contributed by atoms with Gasteiger partial charge < -0.3 is 4.74 Å². The van der Waals surface area contributed by atoms with Crippen LogP contribution in [0.15, 0.2) is 42.5 Å². The summed E-state index contributed by atoms with van der Waals surface area (Å²) in [4.78, 5) is 25.9. The number of hydrogen-bond acceptors (Lipinski definition) is 3. The second kappa shape index (κ2) is 5.72. The van der Waals surface area contributed by atoms with Gasteiger partial charge in [0.25, 0.3) is 0 Å². The molecule has 1 aromatic rings. The molecule has 0 bridgehead atoms. The molecule has 1 heterocycles. The highest BCUT2D eigenvalue weighted by Crippen LogP contribution is 2.30. The number of hydrogen-bond donors (Lipinski definition) is 0. The molecule has 0 aliphatic carbocycles. The van der Waals surface area contributed by atoms with Crippen LogP contribution in [0.4, 0.5) is 4.79 Å². The number of ether oxygens (including phenoxy) is 1. The fourth-order valence-electron chi connectivity index (χ4n) is 2.30. The third-order valence-corrected chi connectivity index (χ3v) is 3.32. The minimum absolute atomic E-state index is 0.0898. The van der Waals surface area contributed by atoms with Gasteiger partial charge in [-0.15, -0.1) is 0 Å². The second-order valence-corrected chi connectivity index (χ2v) is 6.18. The third-order valence-electron chi connectivity index (χ3n) is 3.32. The van der Waals surface area contributed by atoms with Crippen LogP contribution >= 0.6 is 0 Å². The first-order valence-corrected chi connectivity index (χ1v) is 7.08. The molecule has 21 heavy (non-hydrogen) atoms. The van der Waals surface area contributed by atoms with Crippen molar-refractivity contribution in [2.24, 2.45) is 0 Å².